The van der Waals surface area contributed by atoms with Crippen molar-refractivity contribution in [2.75, 3.05) is 19.7 Å². The molecule has 0 aliphatic heterocycles. The minimum Gasteiger partial charge on any atom is -0.450 e. The Morgan fingerprint density at radius 3 is 2.48 bits per heavy atom. The van der Waals surface area contributed by atoms with E-state index in [1.54, 1.807) is 24.0 Å². The van der Waals surface area contributed by atoms with Crippen molar-refractivity contribution in [1.29, 1.82) is 5.26 Å². The number of benzene rings is 1. The molecule has 0 spiro atoms. The van der Waals surface area contributed by atoms with E-state index >= 15 is 0 Å². The van der Waals surface area contributed by atoms with Gasteiger partial charge in [-0.15, -0.1) is 0 Å². The van der Waals surface area contributed by atoms with E-state index in [-0.39, 0.29) is 24.9 Å². The zero-order valence-electron chi connectivity index (χ0n) is 13.8. The van der Waals surface area contributed by atoms with E-state index in [4.69, 9.17) is 10.00 Å². The molecule has 6 heteroatoms. The summed E-state index contributed by atoms with van der Waals surface area (Å²) in [4.78, 5) is 25.3. The summed E-state index contributed by atoms with van der Waals surface area (Å²) >= 11 is 0. The first kappa shape index (κ1) is 18.5. The Hall–Kier alpha value is -2.55. The molecule has 2 amide bonds. The molecule has 1 atom stereocenters. The number of amides is 2. The lowest BCUT2D eigenvalue weighted by atomic mass is 10.0. The van der Waals surface area contributed by atoms with Crippen molar-refractivity contribution in [1.82, 2.24) is 10.2 Å². The molecule has 0 radical (unpaired) electrons. The topological polar surface area (TPSA) is 82.4 Å². The predicted molar refractivity (Wildman–Crippen MR) is 86.6 cm³/mol. The van der Waals surface area contributed by atoms with Crippen molar-refractivity contribution in [2.24, 2.45) is 0 Å². The highest BCUT2D eigenvalue weighted by Crippen LogP contribution is 2.21. The van der Waals surface area contributed by atoms with E-state index < -0.39 is 6.09 Å². The molecule has 0 heterocycles. The van der Waals surface area contributed by atoms with Crippen molar-refractivity contribution in [3.05, 3.63) is 35.4 Å². The maximum atomic E-state index is 12.3. The van der Waals surface area contributed by atoms with Crippen LogP contribution in [0.2, 0.25) is 0 Å². The van der Waals surface area contributed by atoms with Crippen LogP contribution in [0.4, 0.5) is 4.79 Å². The minimum atomic E-state index is -0.511. The summed E-state index contributed by atoms with van der Waals surface area (Å²) < 4.78 is 4.75. The quantitative estimate of drug-likeness (QED) is 0.838. The Labute approximate surface area is 137 Å². The lowest BCUT2D eigenvalue weighted by Crippen LogP contribution is -2.36. The maximum Gasteiger partial charge on any atom is 0.407 e. The predicted octanol–water partition coefficient (Wildman–Crippen LogP) is 2.60. The summed E-state index contributed by atoms with van der Waals surface area (Å²) in [5.41, 5.74) is 1.56. The van der Waals surface area contributed by atoms with Gasteiger partial charge < -0.3 is 15.0 Å². The monoisotopic (exact) mass is 317 g/mol. The number of nitriles is 1. The molecule has 1 aromatic carbocycles. The van der Waals surface area contributed by atoms with Crippen LogP contribution in [-0.2, 0) is 9.53 Å². The molecule has 6 nitrogen and oxygen atoms in total. The molecule has 1 aromatic rings. The molecule has 0 aliphatic rings. The highest BCUT2D eigenvalue weighted by Gasteiger charge is 2.19. The van der Waals surface area contributed by atoms with Crippen LogP contribution in [0, 0.1) is 11.3 Å². The molecule has 1 N–H and O–H groups in total. The largest absolute Gasteiger partial charge is 0.450 e. The van der Waals surface area contributed by atoms with Crippen LogP contribution in [-0.4, -0.2) is 36.6 Å². The number of carbonyl (C=O) groups excluding carboxylic acids is 2. The third kappa shape index (κ3) is 5.62. The summed E-state index contributed by atoms with van der Waals surface area (Å²) in [5, 5.41) is 11.4. The smallest absolute Gasteiger partial charge is 0.407 e. The molecule has 1 rings (SSSR count). The molecule has 0 saturated heterocycles. The van der Waals surface area contributed by atoms with Gasteiger partial charge in [-0.05, 0) is 38.5 Å². The Morgan fingerprint density at radius 2 is 1.96 bits per heavy atom. The zero-order chi connectivity index (χ0) is 17.2. The fourth-order valence-corrected chi connectivity index (χ4v) is 2.28. The average Bonchev–Trinajstić information content (AvgIpc) is 2.55. The fourth-order valence-electron chi connectivity index (χ4n) is 2.28. The van der Waals surface area contributed by atoms with Gasteiger partial charge in [0, 0.05) is 19.5 Å². The SMILES string of the molecule is CCOC(=O)NCCC(=O)N(CC)C(C)c1ccc(C#N)cc1. The van der Waals surface area contributed by atoms with Gasteiger partial charge in [-0.3, -0.25) is 4.79 Å². The van der Waals surface area contributed by atoms with Crippen LogP contribution in [0.15, 0.2) is 24.3 Å². The number of ether oxygens (including phenoxy) is 1. The van der Waals surface area contributed by atoms with Crippen molar-refractivity contribution in [2.45, 2.75) is 33.2 Å². The van der Waals surface area contributed by atoms with Crippen molar-refractivity contribution >= 4 is 12.0 Å². The number of hydrogen-bond acceptors (Lipinski definition) is 4. The second kappa shape index (κ2) is 9.46. The fraction of sp³-hybridized carbons (Fsp3) is 0.471. The first-order chi connectivity index (χ1) is 11.0. The second-order valence-electron chi connectivity index (χ2n) is 4.99. The van der Waals surface area contributed by atoms with E-state index in [2.05, 4.69) is 11.4 Å². The van der Waals surface area contributed by atoms with E-state index in [1.165, 1.54) is 0 Å². The van der Waals surface area contributed by atoms with Gasteiger partial charge in [-0.1, -0.05) is 12.1 Å². The first-order valence-electron chi connectivity index (χ1n) is 7.73. The summed E-state index contributed by atoms with van der Waals surface area (Å²) in [5.74, 6) is -0.0406. The Bertz CT molecular complexity index is 563. The molecule has 0 saturated carbocycles. The second-order valence-corrected chi connectivity index (χ2v) is 4.99. The van der Waals surface area contributed by atoms with Crippen LogP contribution >= 0.6 is 0 Å². The van der Waals surface area contributed by atoms with E-state index in [0.717, 1.165) is 5.56 Å². The van der Waals surface area contributed by atoms with Crippen LogP contribution in [0.3, 0.4) is 0 Å². The van der Waals surface area contributed by atoms with Gasteiger partial charge in [0.2, 0.25) is 5.91 Å². The van der Waals surface area contributed by atoms with Gasteiger partial charge in [0.15, 0.2) is 0 Å². The molecular weight excluding hydrogens is 294 g/mol. The van der Waals surface area contributed by atoms with Crippen LogP contribution < -0.4 is 5.32 Å². The maximum absolute atomic E-state index is 12.3. The van der Waals surface area contributed by atoms with Gasteiger partial charge in [0.1, 0.15) is 0 Å². The van der Waals surface area contributed by atoms with E-state index in [0.29, 0.717) is 18.7 Å². The first-order valence-corrected chi connectivity index (χ1v) is 7.73. The number of rotatable bonds is 7. The van der Waals surface area contributed by atoms with Crippen LogP contribution in [0.25, 0.3) is 0 Å². The number of carbonyl (C=O) groups is 2. The summed E-state index contributed by atoms with van der Waals surface area (Å²) in [6.45, 7) is 6.70. The minimum absolute atomic E-state index is 0.0406. The van der Waals surface area contributed by atoms with Crippen molar-refractivity contribution in [3.63, 3.8) is 0 Å². The molecular formula is C17H23N3O3. The summed E-state index contributed by atoms with van der Waals surface area (Å²) in [6, 6.07) is 9.18. The molecule has 23 heavy (non-hydrogen) atoms. The number of nitrogens with zero attached hydrogens (tertiary/aromatic N) is 2. The van der Waals surface area contributed by atoms with Gasteiger partial charge in [0.05, 0.1) is 24.3 Å². The molecule has 0 bridgehead atoms. The molecule has 124 valence electrons. The summed E-state index contributed by atoms with van der Waals surface area (Å²) in [6.07, 6.45) is -0.295. The molecule has 0 fully saturated rings. The Balaban J connectivity index is 2.61. The molecule has 0 aliphatic carbocycles. The highest BCUT2D eigenvalue weighted by atomic mass is 16.5. The van der Waals surface area contributed by atoms with E-state index in [1.807, 2.05) is 26.0 Å². The third-order valence-electron chi connectivity index (χ3n) is 3.53. The van der Waals surface area contributed by atoms with Gasteiger partial charge in [-0.25, -0.2) is 4.79 Å². The number of nitrogens with one attached hydrogen (secondary N) is 1. The van der Waals surface area contributed by atoms with Crippen LogP contribution in [0.1, 0.15) is 44.4 Å². The summed E-state index contributed by atoms with van der Waals surface area (Å²) in [7, 11) is 0. The van der Waals surface area contributed by atoms with E-state index in [9.17, 15) is 9.59 Å². The third-order valence-corrected chi connectivity index (χ3v) is 3.53. The van der Waals surface area contributed by atoms with Gasteiger partial charge in [0.25, 0.3) is 0 Å². The lowest BCUT2D eigenvalue weighted by molar-refractivity contribution is -0.133. The normalized spacial score (nSPS) is 11.2. The van der Waals surface area contributed by atoms with Crippen LogP contribution in [0.5, 0.6) is 0 Å². The van der Waals surface area contributed by atoms with Crippen molar-refractivity contribution < 1.29 is 14.3 Å². The van der Waals surface area contributed by atoms with Gasteiger partial charge in [-0.2, -0.15) is 5.26 Å². The zero-order valence-corrected chi connectivity index (χ0v) is 13.8. The van der Waals surface area contributed by atoms with Gasteiger partial charge >= 0.3 is 6.09 Å². The molecule has 0 aromatic heterocycles. The Kier molecular flexibility index (Phi) is 7.61. The number of hydrogen-bond donors (Lipinski definition) is 1. The van der Waals surface area contributed by atoms with Crippen molar-refractivity contribution in [3.8, 4) is 6.07 Å². The molecule has 1 unspecified atom stereocenters. The average molecular weight is 317 g/mol. The highest BCUT2D eigenvalue weighted by molar-refractivity contribution is 5.77. The Morgan fingerprint density at radius 1 is 1.30 bits per heavy atom. The lowest BCUT2D eigenvalue weighted by Gasteiger charge is -2.28. The number of alkyl carbamates (subject to hydrolysis) is 1. The standard InChI is InChI=1S/C17H23N3O3/c1-4-20(16(21)10-11-19-17(22)23-5-2)13(3)15-8-6-14(12-18)7-9-15/h6-9,13H,4-5,10-11H2,1-3H3,(H,19,22).